The quantitative estimate of drug-likeness (QED) is 0.675. The van der Waals surface area contributed by atoms with Crippen molar-refractivity contribution in [2.24, 2.45) is 0 Å². The first-order valence-electron chi connectivity index (χ1n) is 5.74. The third-order valence-corrected chi connectivity index (χ3v) is 4.27. The van der Waals surface area contributed by atoms with Gasteiger partial charge in [0.05, 0.1) is 10.6 Å². The molecule has 0 spiro atoms. The van der Waals surface area contributed by atoms with E-state index in [1.807, 2.05) is 4.72 Å². The van der Waals surface area contributed by atoms with Gasteiger partial charge in [-0.3, -0.25) is 4.72 Å². The van der Waals surface area contributed by atoms with Gasteiger partial charge in [0.2, 0.25) is 0 Å². The van der Waals surface area contributed by atoms with E-state index in [0.717, 1.165) is 0 Å². The van der Waals surface area contributed by atoms with Crippen molar-refractivity contribution < 1.29 is 21.6 Å². The molecule has 21 heavy (non-hydrogen) atoms. The van der Waals surface area contributed by atoms with E-state index in [4.69, 9.17) is 5.73 Å². The van der Waals surface area contributed by atoms with Crippen LogP contribution in [0, 0.1) is 24.4 Å². The van der Waals surface area contributed by atoms with Crippen LogP contribution < -0.4 is 10.5 Å². The van der Waals surface area contributed by atoms with Crippen LogP contribution >= 0.6 is 0 Å². The second-order valence-corrected chi connectivity index (χ2v) is 6.04. The lowest BCUT2D eigenvalue weighted by Crippen LogP contribution is -2.15. The lowest BCUT2D eigenvalue weighted by molar-refractivity contribution is 0.448. The van der Waals surface area contributed by atoms with E-state index < -0.39 is 33.2 Å². The average molecular weight is 316 g/mol. The molecule has 2 aromatic carbocycles. The van der Waals surface area contributed by atoms with Gasteiger partial charge in [-0.1, -0.05) is 0 Å². The summed E-state index contributed by atoms with van der Waals surface area (Å²) in [5.41, 5.74) is 5.86. The highest BCUT2D eigenvalue weighted by Crippen LogP contribution is 2.23. The smallest absolute Gasteiger partial charge is 0.262 e. The van der Waals surface area contributed by atoms with E-state index in [2.05, 4.69) is 0 Å². The van der Waals surface area contributed by atoms with Crippen LogP contribution in [0.15, 0.2) is 35.2 Å². The molecule has 0 radical (unpaired) electrons. The molecule has 2 aromatic rings. The third kappa shape index (κ3) is 3.10. The van der Waals surface area contributed by atoms with E-state index in [9.17, 15) is 21.6 Å². The first kappa shape index (κ1) is 15.2. The molecule has 0 atom stereocenters. The number of hydrogen-bond donors (Lipinski definition) is 2. The fourth-order valence-electron chi connectivity index (χ4n) is 1.80. The SMILES string of the molecule is Cc1cc(N)ccc1S(=O)(=O)Nc1cc(F)c(F)c(F)c1. The molecule has 8 heteroatoms. The van der Waals surface area contributed by atoms with Crippen molar-refractivity contribution in [3.05, 3.63) is 53.3 Å². The maximum absolute atomic E-state index is 13.1. The third-order valence-electron chi connectivity index (χ3n) is 2.72. The van der Waals surface area contributed by atoms with E-state index in [-0.39, 0.29) is 4.90 Å². The lowest BCUT2D eigenvalue weighted by atomic mass is 10.2. The van der Waals surface area contributed by atoms with Crippen molar-refractivity contribution in [2.45, 2.75) is 11.8 Å². The van der Waals surface area contributed by atoms with Crippen LogP contribution in [-0.2, 0) is 10.0 Å². The predicted molar refractivity (Wildman–Crippen MR) is 72.7 cm³/mol. The molecular formula is C13H11F3N2O2S. The zero-order chi connectivity index (χ0) is 15.8. The minimum atomic E-state index is -4.07. The van der Waals surface area contributed by atoms with Crippen molar-refractivity contribution in [3.8, 4) is 0 Å². The van der Waals surface area contributed by atoms with Crippen LogP contribution in [0.5, 0.6) is 0 Å². The lowest BCUT2D eigenvalue weighted by Gasteiger charge is -2.11. The van der Waals surface area contributed by atoms with Gasteiger partial charge in [-0.05, 0) is 30.7 Å². The second-order valence-electron chi connectivity index (χ2n) is 4.38. The molecule has 0 aliphatic carbocycles. The van der Waals surface area contributed by atoms with Gasteiger partial charge >= 0.3 is 0 Å². The molecule has 0 saturated heterocycles. The molecule has 0 saturated carbocycles. The van der Waals surface area contributed by atoms with E-state index in [1.165, 1.54) is 25.1 Å². The van der Waals surface area contributed by atoms with Gasteiger partial charge < -0.3 is 5.73 Å². The molecule has 0 amide bonds. The number of halogens is 3. The van der Waals surface area contributed by atoms with Gasteiger partial charge in [-0.15, -0.1) is 0 Å². The van der Waals surface area contributed by atoms with Gasteiger partial charge in [0, 0.05) is 17.8 Å². The highest BCUT2D eigenvalue weighted by molar-refractivity contribution is 7.92. The number of aryl methyl sites for hydroxylation is 1. The van der Waals surface area contributed by atoms with E-state index >= 15 is 0 Å². The Labute approximate surface area is 119 Å². The summed E-state index contributed by atoms with van der Waals surface area (Å²) in [4.78, 5) is -0.0955. The summed E-state index contributed by atoms with van der Waals surface area (Å²) in [6.45, 7) is 1.52. The number of anilines is 2. The number of nitrogens with two attached hydrogens (primary N) is 1. The summed E-state index contributed by atoms with van der Waals surface area (Å²) in [6, 6.07) is 5.21. The molecule has 112 valence electrons. The fraction of sp³-hybridized carbons (Fsp3) is 0.0769. The first-order valence-corrected chi connectivity index (χ1v) is 7.22. The molecule has 0 aliphatic heterocycles. The summed E-state index contributed by atoms with van der Waals surface area (Å²) in [5.74, 6) is -4.63. The summed E-state index contributed by atoms with van der Waals surface area (Å²) >= 11 is 0. The van der Waals surface area contributed by atoms with Gasteiger partial charge in [0.25, 0.3) is 10.0 Å². The van der Waals surface area contributed by atoms with Gasteiger partial charge in [0.1, 0.15) is 0 Å². The Morgan fingerprint density at radius 3 is 2.14 bits per heavy atom. The number of rotatable bonds is 3. The Morgan fingerprint density at radius 2 is 1.62 bits per heavy atom. The first-order chi connectivity index (χ1) is 9.70. The van der Waals surface area contributed by atoms with Crippen LogP contribution in [0.2, 0.25) is 0 Å². The number of nitrogens with one attached hydrogen (secondary N) is 1. The van der Waals surface area contributed by atoms with Gasteiger partial charge in [-0.2, -0.15) is 0 Å². The molecule has 0 heterocycles. The van der Waals surface area contributed by atoms with Crippen molar-refractivity contribution >= 4 is 21.4 Å². The molecule has 0 unspecified atom stereocenters. The molecule has 0 bridgehead atoms. The Kier molecular flexibility index (Phi) is 3.82. The van der Waals surface area contributed by atoms with Crippen LogP contribution in [-0.4, -0.2) is 8.42 Å². The van der Waals surface area contributed by atoms with Crippen molar-refractivity contribution in [2.75, 3.05) is 10.5 Å². The average Bonchev–Trinajstić information content (AvgIpc) is 2.34. The molecule has 3 N–H and O–H groups in total. The largest absolute Gasteiger partial charge is 0.399 e. The summed E-state index contributed by atoms with van der Waals surface area (Å²) in [7, 11) is -4.07. The van der Waals surface area contributed by atoms with Crippen molar-refractivity contribution in [1.82, 2.24) is 0 Å². The second kappa shape index (κ2) is 5.28. The highest BCUT2D eigenvalue weighted by Gasteiger charge is 2.19. The molecule has 4 nitrogen and oxygen atoms in total. The number of hydrogen-bond acceptors (Lipinski definition) is 3. The molecule has 2 rings (SSSR count). The maximum Gasteiger partial charge on any atom is 0.262 e. The minimum Gasteiger partial charge on any atom is -0.399 e. The van der Waals surface area contributed by atoms with E-state index in [0.29, 0.717) is 23.4 Å². The molecule has 0 fully saturated rings. The Balaban J connectivity index is 2.42. The summed E-state index contributed by atoms with van der Waals surface area (Å²) in [6.07, 6.45) is 0. The van der Waals surface area contributed by atoms with Crippen LogP contribution in [0.1, 0.15) is 5.56 Å². The number of benzene rings is 2. The molecule has 0 aliphatic rings. The standard InChI is InChI=1S/C13H11F3N2O2S/c1-7-4-8(17)2-3-12(7)21(19,20)18-9-5-10(14)13(16)11(15)6-9/h2-6,18H,17H2,1H3. The topological polar surface area (TPSA) is 72.2 Å². The van der Waals surface area contributed by atoms with Crippen LogP contribution in [0.3, 0.4) is 0 Å². The number of sulfonamides is 1. The fourth-order valence-corrected chi connectivity index (χ4v) is 3.07. The Hall–Kier alpha value is -2.22. The van der Waals surface area contributed by atoms with Crippen LogP contribution in [0.25, 0.3) is 0 Å². The van der Waals surface area contributed by atoms with Gasteiger partial charge in [0.15, 0.2) is 17.5 Å². The summed E-state index contributed by atoms with van der Waals surface area (Å²) in [5, 5.41) is 0. The monoisotopic (exact) mass is 316 g/mol. The zero-order valence-electron chi connectivity index (χ0n) is 10.8. The normalized spacial score (nSPS) is 11.4. The maximum atomic E-state index is 13.1. The Morgan fingerprint density at radius 1 is 1.05 bits per heavy atom. The minimum absolute atomic E-state index is 0.0955. The van der Waals surface area contributed by atoms with E-state index in [1.54, 1.807) is 0 Å². The predicted octanol–water partition coefficient (Wildman–Crippen LogP) is 2.80. The van der Waals surface area contributed by atoms with Crippen molar-refractivity contribution in [3.63, 3.8) is 0 Å². The van der Waals surface area contributed by atoms with Crippen LogP contribution in [0.4, 0.5) is 24.5 Å². The number of nitrogen functional groups attached to an aromatic ring is 1. The van der Waals surface area contributed by atoms with Crippen molar-refractivity contribution in [1.29, 1.82) is 0 Å². The summed E-state index contributed by atoms with van der Waals surface area (Å²) < 4.78 is 65.3. The van der Waals surface area contributed by atoms with Gasteiger partial charge in [-0.25, -0.2) is 21.6 Å². The zero-order valence-corrected chi connectivity index (χ0v) is 11.6. The Bertz CT molecular complexity index is 784. The highest BCUT2D eigenvalue weighted by atomic mass is 32.2. The molecular weight excluding hydrogens is 305 g/mol. The molecule has 0 aromatic heterocycles.